The summed E-state index contributed by atoms with van der Waals surface area (Å²) in [4.78, 5) is 9.18. The second kappa shape index (κ2) is 11.7. The van der Waals surface area contributed by atoms with Crippen molar-refractivity contribution in [3.63, 3.8) is 0 Å². The van der Waals surface area contributed by atoms with Crippen molar-refractivity contribution in [3.05, 3.63) is 0 Å². The third-order valence-corrected chi connectivity index (χ3v) is 0.796. The van der Waals surface area contributed by atoms with Gasteiger partial charge in [-0.15, -0.1) is 0 Å². The zero-order valence-electron chi connectivity index (χ0n) is 6.20. The fourth-order valence-corrected chi connectivity index (χ4v) is 0.144. The first-order chi connectivity index (χ1) is 4.68. The first-order valence-electron chi connectivity index (χ1n) is 2.65. The first-order valence-corrected chi connectivity index (χ1v) is 3.75. The molecule has 1 atom stereocenters. The quantitative estimate of drug-likeness (QED) is 0.523. The summed E-state index contributed by atoms with van der Waals surface area (Å²) >= 11 is 0. The lowest BCUT2D eigenvalue weighted by Gasteiger charge is -1.82. The van der Waals surface area contributed by atoms with Gasteiger partial charge in [0.1, 0.15) is 0 Å². The molecular formula is C4H13NO4P+. The Morgan fingerprint density at radius 2 is 2.00 bits per heavy atom. The van der Waals surface area contributed by atoms with Gasteiger partial charge in [0.25, 0.3) is 0 Å². The Morgan fingerprint density at radius 3 is 2.00 bits per heavy atom. The van der Waals surface area contributed by atoms with Gasteiger partial charge in [0.15, 0.2) is 0 Å². The monoisotopic (exact) mass is 170 g/mol. The van der Waals surface area contributed by atoms with E-state index in [1.54, 1.807) is 7.11 Å². The van der Waals surface area contributed by atoms with Gasteiger partial charge in [-0.25, -0.2) is 0 Å². The highest BCUT2D eigenvalue weighted by atomic mass is 31.1. The predicted octanol–water partition coefficient (Wildman–Crippen LogP) is -1.47. The second-order valence-corrected chi connectivity index (χ2v) is 2.06. The van der Waals surface area contributed by atoms with E-state index in [-0.39, 0.29) is 0 Å². The molecule has 0 aliphatic rings. The Hall–Kier alpha value is -0.0600. The van der Waals surface area contributed by atoms with Crippen molar-refractivity contribution in [1.82, 2.24) is 0 Å². The molecule has 5 nitrogen and oxygen atoms in total. The van der Waals surface area contributed by atoms with Gasteiger partial charge in [-0.05, 0) is 4.57 Å². The molecule has 0 radical (unpaired) electrons. The molecular weight excluding hydrogens is 157 g/mol. The minimum atomic E-state index is -2.60. The van der Waals surface area contributed by atoms with Crippen molar-refractivity contribution >= 4 is 8.25 Å². The van der Waals surface area contributed by atoms with Gasteiger partial charge in [0.05, 0.1) is 20.3 Å². The van der Waals surface area contributed by atoms with E-state index < -0.39 is 8.25 Å². The van der Waals surface area contributed by atoms with E-state index in [1.807, 2.05) is 0 Å². The topological polar surface area (TPSA) is 86.2 Å². The minimum Gasteiger partial charge on any atom is -0.566 e. The van der Waals surface area contributed by atoms with Crippen molar-refractivity contribution in [3.8, 4) is 0 Å². The van der Waals surface area contributed by atoms with Gasteiger partial charge < -0.3 is 15.4 Å². The van der Waals surface area contributed by atoms with Crippen LogP contribution in [-0.4, -0.2) is 27.4 Å². The smallest absolute Gasteiger partial charge is 0.488 e. The van der Waals surface area contributed by atoms with Crippen LogP contribution in [0.3, 0.4) is 0 Å². The summed E-state index contributed by atoms with van der Waals surface area (Å²) in [5.74, 6) is 0. The molecule has 0 spiro atoms. The highest BCUT2D eigenvalue weighted by Gasteiger charge is 1.86. The van der Waals surface area contributed by atoms with Crippen LogP contribution in [0, 0.1) is 0 Å². The van der Waals surface area contributed by atoms with E-state index in [2.05, 4.69) is 15.0 Å². The number of methoxy groups -OCH3 is 1. The molecule has 0 aromatic heterocycles. The minimum absolute atomic E-state index is 0.778. The fourth-order valence-electron chi connectivity index (χ4n) is 0.144. The maximum atomic E-state index is 9.18. The lowest BCUT2D eigenvalue weighted by Crippen LogP contribution is -2.52. The highest BCUT2D eigenvalue weighted by Crippen LogP contribution is 2.02. The van der Waals surface area contributed by atoms with E-state index in [0.29, 0.717) is 0 Å². The van der Waals surface area contributed by atoms with Crippen LogP contribution in [0.4, 0.5) is 0 Å². The average Bonchev–Trinajstić information content (AvgIpc) is 1.91. The molecule has 1 unspecified atom stereocenters. The third-order valence-electron chi connectivity index (χ3n) is 0.498. The summed E-state index contributed by atoms with van der Waals surface area (Å²) in [6, 6.07) is 0. The third kappa shape index (κ3) is 24.6. The number of hydrogen-bond donors (Lipinski definition) is 1. The zero-order valence-corrected chi connectivity index (χ0v) is 7.10. The second-order valence-electron chi connectivity index (χ2n) is 1.25. The van der Waals surface area contributed by atoms with Crippen molar-refractivity contribution in [2.24, 2.45) is 0 Å². The summed E-state index contributed by atoms with van der Waals surface area (Å²) in [6.07, 6.45) is 0. The van der Waals surface area contributed by atoms with Gasteiger partial charge in [-0.3, -0.25) is 0 Å². The molecule has 0 amide bonds. The highest BCUT2D eigenvalue weighted by molar-refractivity contribution is 7.30. The van der Waals surface area contributed by atoms with E-state index >= 15 is 0 Å². The van der Waals surface area contributed by atoms with Crippen LogP contribution in [0.25, 0.3) is 0 Å². The van der Waals surface area contributed by atoms with Crippen LogP contribution >= 0.6 is 8.25 Å². The van der Waals surface area contributed by atoms with E-state index in [4.69, 9.17) is 0 Å². The van der Waals surface area contributed by atoms with Gasteiger partial charge in [-0.1, -0.05) is 0 Å². The number of ether oxygens (including phenoxy) is 1. The molecule has 0 rings (SSSR count). The van der Waals surface area contributed by atoms with Gasteiger partial charge in [-0.2, -0.15) is 4.52 Å². The molecule has 0 saturated heterocycles. The fraction of sp³-hybridized carbons (Fsp3) is 1.00. The number of hydrogen-bond acceptors (Lipinski definition) is 4. The summed E-state index contributed by atoms with van der Waals surface area (Å²) in [5, 5.41) is 0. The molecule has 0 aromatic carbocycles. The predicted molar refractivity (Wildman–Crippen MR) is 34.2 cm³/mol. The van der Waals surface area contributed by atoms with Crippen molar-refractivity contribution in [1.29, 1.82) is 0 Å². The zero-order chi connectivity index (χ0) is 8.41. The van der Waals surface area contributed by atoms with Gasteiger partial charge >= 0.3 is 8.25 Å². The molecule has 0 heterocycles. The van der Waals surface area contributed by atoms with Crippen LogP contribution < -0.4 is 10.6 Å². The Kier molecular flexibility index (Phi) is 14.7. The molecule has 0 saturated carbocycles. The van der Waals surface area contributed by atoms with E-state index in [9.17, 15) is 9.46 Å². The number of rotatable bonds is 3. The lowest BCUT2D eigenvalue weighted by molar-refractivity contribution is -0.373. The summed E-state index contributed by atoms with van der Waals surface area (Å²) in [7, 11) is 0.176. The Morgan fingerprint density at radius 1 is 1.60 bits per heavy atom. The molecule has 0 aromatic rings. The van der Waals surface area contributed by atoms with Gasteiger partial charge in [0.2, 0.25) is 0 Å². The van der Waals surface area contributed by atoms with Crippen molar-refractivity contribution < 1.29 is 24.5 Å². The average molecular weight is 170 g/mol. The van der Waals surface area contributed by atoms with Crippen LogP contribution in [-0.2, 0) is 13.8 Å². The van der Waals surface area contributed by atoms with Crippen molar-refractivity contribution in [2.45, 2.75) is 0 Å². The molecule has 10 heavy (non-hydrogen) atoms. The SMILES string of the molecule is COCC[NH3+].CO[P+](=O)[O-]. The Balaban J connectivity index is 0. The summed E-state index contributed by atoms with van der Waals surface area (Å²) in [5.41, 5.74) is 3.55. The summed E-state index contributed by atoms with van der Waals surface area (Å²) < 4.78 is 17.5. The van der Waals surface area contributed by atoms with Crippen LogP contribution in [0.1, 0.15) is 0 Å². The maximum absolute atomic E-state index is 9.18. The molecule has 62 valence electrons. The van der Waals surface area contributed by atoms with E-state index in [1.165, 1.54) is 0 Å². The Labute approximate surface area is 61.1 Å². The van der Waals surface area contributed by atoms with E-state index in [0.717, 1.165) is 20.3 Å². The van der Waals surface area contributed by atoms with Crippen molar-refractivity contribution in [2.75, 3.05) is 27.4 Å². The first kappa shape index (κ1) is 12.6. The molecule has 0 fully saturated rings. The molecule has 6 heteroatoms. The van der Waals surface area contributed by atoms with Gasteiger partial charge in [0, 0.05) is 7.11 Å². The maximum Gasteiger partial charge on any atom is 0.488 e. The molecule has 3 N–H and O–H groups in total. The molecule has 0 aliphatic heterocycles. The largest absolute Gasteiger partial charge is 0.566 e. The normalized spacial score (nSPS) is 9.80. The summed E-state index contributed by atoms with van der Waals surface area (Å²) in [6.45, 7) is 1.65. The van der Waals surface area contributed by atoms with Crippen LogP contribution in [0.15, 0.2) is 0 Å². The Bertz CT molecular complexity index is 77.7. The number of quaternary nitrogens is 1. The van der Waals surface area contributed by atoms with Crippen LogP contribution in [0.5, 0.6) is 0 Å². The molecule has 0 aliphatic carbocycles. The van der Waals surface area contributed by atoms with Crippen LogP contribution in [0.2, 0.25) is 0 Å². The lowest BCUT2D eigenvalue weighted by atomic mass is 10.7. The standard InChI is InChI=1S/C3H9NO.CH3O3P/c1-5-3-2-4;1-4-5(2)3/h2-4H2,1H3;1H3/p+1. The molecule has 0 bridgehead atoms.